The summed E-state index contributed by atoms with van der Waals surface area (Å²) in [6, 6.07) is 22.1. The molecule has 3 aromatic carbocycles. The van der Waals surface area contributed by atoms with E-state index in [1.165, 1.54) is 11.6 Å². The molecule has 4 aromatic rings. The van der Waals surface area contributed by atoms with Crippen molar-refractivity contribution in [2.45, 2.75) is 17.5 Å². The number of hydrogen-bond donors (Lipinski definition) is 0. The van der Waals surface area contributed by atoms with Crippen LogP contribution in [0.1, 0.15) is 16.7 Å². The second kappa shape index (κ2) is 10.6. The summed E-state index contributed by atoms with van der Waals surface area (Å²) in [4.78, 5) is 0. The minimum Gasteiger partial charge on any atom is -0.493 e. The summed E-state index contributed by atoms with van der Waals surface area (Å²) in [7, 11) is 1.56. The molecule has 0 N–H and O–H groups in total. The number of ether oxygens (including phenoxy) is 2. The lowest BCUT2D eigenvalue weighted by Crippen LogP contribution is -2.00. The largest absolute Gasteiger partial charge is 0.493 e. The van der Waals surface area contributed by atoms with Crippen LogP contribution in [0.15, 0.2) is 89.4 Å². The lowest BCUT2D eigenvalue weighted by Gasteiger charge is -2.11. The number of methoxy groups -OCH3 is 1. The zero-order valence-corrected chi connectivity index (χ0v) is 18.2. The molecule has 0 unspecified atom stereocenters. The van der Waals surface area contributed by atoms with Crippen LogP contribution >= 0.6 is 11.8 Å². The summed E-state index contributed by atoms with van der Waals surface area (Å²) in [5, 5.41) is 13.3. The van der Waals surface area contributed by atoms with Crippen LogP contribution in [0.4, 0.5) is 4.39 Å². The van der Waals surface area contributed by atoms with Gasteiger partial charge in [0.25, 0.3) is 0 Å². The van der Waals surface area contributed by atoms with Crippen LogP contribution in [-0.4, -0.2) is 28.2 Å². The summed E-state index contributed by atoms with van der Waals surface area (Å²) >= 11 is 1.56. The van der Waals surface area contributed by atoms with Gasteiger partial charge in [0, 0.05) is 11.3 Å². The Morgan fingerprint density at radius 1 is 1.03 bits per heavy atom. The van der Waals surface area contributed by atoms with Gasteiger partial charge in [-0.05, 0) is 35.4 Å². The Bertz CT molecular complexity index is 1200. The molecule has 0 fully saturated rings. The summed E-state index contributed by atoms with van der Waals surface area (Å²) in [6.45, 7) is 0.110. The molecule has 0 saturated heterocycles. The van der Waals surface area contributed by atoms with Gasteiger partial charge in [0.15, 0.2) is 11.5 Å². The van der Waals surface area contributed by atoms with E-state index in [0.29, 0.717) is 22.2 Å². The molecule has 1 heterocycles. The highest BCUT2D eigenvalue weighted by Gasteiger charge is 2.08. The highest BCUT2D eigenvalue weighted by atomic mass is 32.2. The van der Waals surface area contributed by atoms with Crippen molar-refractivity contribution in [3.63, 3.8) is 0 Å². The van der Waals surface area contributed by atoms with E-state index in [1.807, 2.05) is 24.3 Å². The van der Waals surface area contributed by atoms with Gasteiger partial charge in [0.1, 0.15) is 18.8 Å². The standard InChI is InChI=1S/C24H21FN4O2S/c1-30-23-13-19(11-12-22(23)31-15-20-9-5-6-10-21(20)25)14-27-29-17-26-28-24(29)32-16-18-7-3-2-4-8-18/h2-14,17H,15-16H2,1H3/b27-14+. The Hall–Kier alpha value is -3.65. The first-order valence-electron chi connectivity index (χ1n) is 9.88. The normalized spacial score (nSPS) is 11.1. The average molecular weight is 449 g/mol. The first-order valence-corrected chi connectivity index (χ1v) is 10.9. The van der Waals surface area contributed by atoms with E-state index < -0.39 is 0 Å². The van der Waals surface area contributed by atoms with Gasteiger partial charge in [-0.2, -0.15) is 9.78 Å². The molecule has 32 heavy (non-hydrogen) atoms. The van der Waals surface area contributed by atoms with Crippen LogP contribution in [0, 0.1) is 5.82 Å². The zero-order valence-electron chi connectivity index (χ0n) is 17.4. The van der Waals surface area contributed by atoms with E-state index in [4.69, 9.17) is 9.47 Å². The number of aromatic nitrogens is 3. The topological polar surface area (TPSA) is 61.5 Å². The summed E-state index contributed by atoms with van der Waals surface area (Å²) in [5.41, 5.74) is 2.49. The molecule has 0 aliphatic carbocycles. The number of nitrogens with zero attached hydrogens (tertiary/aromatic N) is 4. The van der Waals surface area contributed by atoms with Crippen LogP contribution < -0.4 is 9.47 Å². The molecule has 0 bridgehead atoms. The number of halogens is 1. The van der Waals surface area contributed by atoms with Crippen molar-refractivity contribution in [1.29, 1.82) is 0 Å². The van der Waals surface area contributed by atoms with Crippen LogP contribution in [-0.2, 0) is 12.4 Å². The second-order valence-corrected chi connectivity index (χ2v) is 7.71. The van der Waals surface area contributed by atoms with Gasteiger partial charge in [-0.1, -0.05) is 60.3 Å². The van der Waals surface area contributed by atoms with Gasteiger partial charge in [-0.3, -0.25) is 0 Å². The molecule has 0 atom stereocenters. The van der Waals surface area contributed by atoms with Gasteiger partial charge in [0.05, 0.1) is 13.3 Å². The zero-order chi connectivity index (χ0) is 22.2. The Kier molecular flexibility index (Phi) is 7.14. The molecule has 8 heteroatoms. The van der Waals surface area contributed by atoms with Crippen molar-refractivity contribution < 1.29 is 13.9 Å². The third kappa shape index (κ3) is 5.53. The van der Waals surface area contributed by atoms with Gasteiger partial charge in [-0.25, -0.2) is 4.39 Å². The van der Waals surface area contributed by atoms with Crippen molar-refractivity contribution in [2.24, 2.45) is 5.10 Å². The summed E-state index contributed by atoms with van der Waals surface area (Å²) in [5.74, 6) is 1.53. The predicted molar refractivity (Wildman–Crippen MR) is 123 cm³/mol. The van der Waals surface area contributed by atoms with Gasteiger partial charge in [-0.15, -0.1) is 10.2 Å². The molecular formula is C24H21FN4O2S. The lowest BCUT2D eigenvalue weighted by atomic mass is 10.2. The number of rotatable bonds is 9. The van der Waals surface area contributed by atoms with Crippen molar-refractivity contribution >= 4 is 18.0 Å². The lowest BCUT2D eigenvalue weighted by molar-refractivity contribution is 0.279. The molecule has 0 aliphatic heterocycles. The fraction of sp³-hybridized carbons (Fsp3) is 0.125. The highest BCUT2D eigenvalue weighted by Crippen LogP contribution is 2.29. The van der Waals surface area contributed by atoms with Crippen molar-refractivity contribution in [3.8, 4) is 11.5 Å². The maximum absolute atomic E-state index is 13.8. The first-order chi connectivity index (χ1) is 15.7. The Morgan fingerprint density at radius 3 is 2.66 bits per heavy atom. The fourth-order valence-electron chi connectivity index (χ4n) is 2.90. The minimum absolute atomic E-state index is 0.110. The van der Waals surface area contributed by atoms with Crippen molar-refractivity contribution in [1.82, 2.24) is 14.9 Å². The Balaban J connectivity index is 1.42. The van der Waals surface area contributed by atoms with E-state index in [0.717, 1.165) is 11.3 Å². The molecule has 162 valence electrons. The first kappa shape index (κ1) is 21.6. The molecule has 0 amide bonds. The summed E-state index contributed by atoms with van der Waals surface area (Å²) < 4.78 is 26.6. The van der Waals surface area contributed by atoms with Crippen molar-refractivity contribution in [2.75, 3.05) is 7.11 Å². The molecule has 0 saturated carbocycles. The van der Waals surface area contributed by atoms with E-state index in [-0.39, 0.29) is 12.4 Å². The summed E-state index contributed by atoms with van der Waals surface area (Å²) in [6.07, 6.45) is 3.26. The van der Waals surface area contributed by atoms with Crippen LogP contribution in [0.2, 0.25) is 0 Å². The molecule has 4 rings (SSSR count). The fourth-order valence-corrected chi connectivity index (χ4v) is 3.72. The molecule has 0 aliphatic rings. The van der Waals surface area contributed by atoms with E-state index in [2.05, 4.69) is 27.4 Å². The van der Waals surface area contributed by atoms with Crippen LogP contribution in [0.3, 0.4) is 0 Å². The van der Waals surface area contributed by atoms with Gasteiger partial charge < -0.3 is 9.47 Å². The smallest absolute Gasteiger partial charge is 0.212 e. The quantitative estimate of drug-likeness (QED) is 0.261. The number of hydrogen-bond acceptors (Lipinski definition) is 6. The van der Waals surface area contributed by atoms with Gasteiger partial charge >= 0.3 is 0 Å². The predicted octanol–water partition coefficient (Wildman–Crippen LogP) is 5.18. The molecule has 1 aromatic heterocycles. The van der Waals surface area contributed by atoms with Gasteiger partial charge in [0.2, 0.25) is 5.16 Å². The minimum atomic E-state index is -0.301. The monoisotopic (exact) mass is 448 g/mol. The van der Waals surface area contributed by atoms with Crippen molar-refractivity contribution in [3.05, 3.63) is 102 Å². The second-order valence-electron chi connectivity index (χ2n) is 6.77. The van der Waals surface area contributed by atoms with Crippen LogP contribution in [0.25, 0.3) is 0 Å². The molecule has 0 spiro atoms. The SMILES string of the molecule is COc1cc(/C=N/n2cnnc2SCc2ccccc2)ccc1OCc1ccccc1F. The molecule has 0 radical (unpaired) electrons. The number of benzene rings is 3. The van der Waals surface area contributed by atoms with Crippen LogP contribution in [0.5, 0.6) is 11.5 Å². The third-order valence-corrected chi connectivity index (χ3v) is 5.58. The van der Waals surface area contributed by atoms with E-state index >= 15 is 0 Å². The molecule has 6 nitrogen and oxygen atoms in total. The average Bonchev–Trinajstić information content (AvgIpc) is 3.29. The Morgan fingerprint density at radius 2 is 1.84 bits per heavy atom. The maximum atomic E-state index is 13.8. The highest BCUT2D eigenvalue weighted by molar-refractivity contribution is 7.98. The van der Waals surface area contributed by atoms with E-state index in [1.54, 1.807) is 66.4 Å². The molecular weight excluding hydrogens is 427 g/mol. The number of thioether (sulfide) groups is 1. The van der Waals surface area contributed by atoms with E-state index in [9.17, 15) is 4.39 Å². The maximum Gasteiger partial charge on any atom is 0.212 e. The third-order valence-electron chi connectivity index (χ3n) is 4.57. The Labute approximate surface area is 189 Å².